The van der Waals surface area contributed by atoms with Gasteiger partial charge in [-0.1, -0.05) is 12.1 Å². The van der Waals surface area contributed by atoms with Crippen molar-refractivity contribution in [2.24, 2.45) is 12.8 Å². The Hall–Kier alpha value is -2.83. The Bertz CT molecular complexity index is 645. The molecule has 0 saturated heterocycles. The number of benzene rings is 1. The predicted octanol–water partition coefficient (Wildman–Crippen LogP) is 0.282. The van der Waals surface area contributed by atoms with Crippen molar-refractivity contribution in [3.8, 4) is 0 Å². The molecule has 5 N–H and O–H groups in total. The zero-order valence-corrected chi connectivity index (χ0v) is 11.0. The maximum absolute atomic E-state index is 12.0. The SMILES string of the molecule is Cn1ncc(C(N)=O)c1NC(=O)Cc1ccc(N)cc1. The van der Waals surface area contributed by atoms with Gasteiger partial charge in [0, 0.05) is 12.7 Å². The van der Waals surface area contributed by atoms with E-state index in [1.807, 2.05) is 0 Å². The maximum atomic E-state index is 12.0. The number of amides is 2. The number of primary amides is 1. The Morgan fingerprint density at radius 3 is 2.55 bits per heavy atom. The molecule has 0 fully saturated rings. The molecule has 20 heavy (non-hydrogen) atoms. The van der Waals surface area contributed by atoms with Gasteiger partial charge in [-0.25, -0.2) is 0 Å². The lowest BCUT2D eigenvalue weighted by Gasteiger charge is -2.07. The molecule has 0 aliphatic rings. The van der Waals surface area contributed by atoms with Crippen molar-refractivity contribution in [1.82, 2.24) is 9.78 Å². The summed E-state index contributed by atoms with van der Waals surface area (Å²) in [5.41, 5.74) is 12.4. The number of anilines is 2. The summed E-state index contributed by atoms with van der Waals surface area (Å²) in [7, 11) is 1.62. The number of aryl methyl sites for hydroxylation is 1. The van der Waals surface area contributed by atoms with E-state index in [0.717, 1.165) is 5.56 Å². The van der Waals surface area contributed by atoms with Gasteiger partial charge in [0.15, 0.2) is 0 Å². The second kappa shape index (κ2) is 5.43. The number of rotatable bonds is 4. The fourth-order valence-electron chi connectivity index (χ4n) is 1.76. The lowest BCUT2D eigenvalue weighted by atomic mass is 10.1. The van der Waals surface area contributed by atoms with Gasteiger partial charge in [-0.05, 0) is 17.7 Å². The predicted molar refractivity (Wildman–Crippen MR) is 74.9 cm³/mol. The van der Waals surface area contributed by atoms with E-state index in [1.54, 1.807) is 31.3 Å². The number of hydrogen-bond acceptors (Lipinski definition) is 4. The molecule has 0 bridgehead atoms. The highest BCUT2D eigenvalue weighted by atomic mass is 16.2. The summed E-state index contributed by atoms with van der Waals surface area (Å²) >= 11 is 0. The van der Waals surface area contributed by atoms with Gasteiger partial charge < -0.3 is 16.8 Å². The summed E-state index contributed by atoms with van der Waals surface area (Å²) < 4.78 is 1.39. The summed E-state index contributed by atoms with van der Waals surface area (Å²) in [4.78, 5) is 23.2. The van der Waals surface area contributed by atoms with Crippen LogP contribution in [0.1, 0.15) is 15.9 Å². The van der Waals surface area contributed by atoms with Crippen LogP contribution in [-0.2, 0) is 18.3 Å². The van der Waals surface area contributed by atoms with Gasteiger partial charge in [0.1, 0.15) is 11.4 Å². The first kappa shape index (κ1) is 13.6. The van der Waals surface area contributed by atoms with Crippen LogP contribution in [0.2, 0.25) is 0 Å². The van der Waals surface area contributed by atoms with Gasteiger partial charge in [0.2, 0.25) is 5.91 Å². The maximum Gasteiger partial charge on any atom is 0.254 e. The number of nitrogens with zero attached hydrogens (tertiary/aromatic N) is 2. The molecule has 0 radical (unpaired) electrons. The minimum absolute atomic E-state index is 0.170. The van der Waals surface area contributed by atoms with Crippen LogP contribution in [0.3, 0.4) is 0 Å². The lowest BCUT2D eigenvalue weighted by Crippen LogP contribution is -2.20. The fraction of sp³-hybridized carbons (Fsp3) is 0.154. The average Bonchev–Trinajstić information content (AvgIpc) is 2.74. The van der Waals surface area contributed by atoms with E-state index in [0.29, 0.717) is 5.69 Å². The first-order chi connectivity index (χ1) is 9.47. The number of nitrogens with one attached hydrogen (secondary N) is 1. The lowest BCUT2D eigenvalue weighted by molar-refractivity contribution is -0.115. The van der Waals surface area contributed by atoms with E-state index >= 15 is 0 Å². The molecular weight excluding hydrogens is 258 g/mol. The standard InChI is InChI=1S/C13H15N5O2/c1-18-13(10(7-16-18)12(15)20)17-11(19)6-8-2-4-9(14)5-3-8/h2-5,7H,6,14H2,1H3,(H2,15,20)(H,17,19). The number of carbonyl (C=O) groups is 2. The minimum atomic E-state index is -0.638. The average molecular weight is 273 g/mol. The van der Waals surface area contributed by atoms with Crippen molar-refractivity contribution in [2.45, 2.75) is 6.42 Å². The summed E-state index contributed by atoms with van der Waals surface area (Å²) in [6.07, 6.45) is 1.49. The molecule has 0 aliphatic carbocycles. The molecule has 7 heteroatoms. The largest absolute Gasteiger partial charge is 0.399 e. The van der Waals surface area contributed by atoms with Crippen LogP contribution in [0, 0.1) is 0 Å². The molecule has 2 amide bonds. The molecule has 1 aromatic heterocycles. The number of nitrogens with two attached hydrogens (primary N) is 2. The highest BCUT2D eigenvalue weighted by Gasteiger charge is 2.15. The van der Waals surface area contributed by atoms with Gasteiger partial charge in [-0.2, -0.15) is 5.10 Å². The van der Waals surface area contributed by atoms with Crippen LogP contribution in [0.15, 0.2) is 30.5 Å². The van der Waals surface area contributed by atoms with Crippen molar-refractivity contribution in [1.29, 1.82) is 0 Å². The zero-order chi connectivity index (χ0) is 14.7. The van der Waals surface area contributed by atoms with Gasteiger partial charge in [-0.15, -0.1) is 0 Å². The van der Waals surface area contributed by atoms with Crippen LogP contribution in [-0.4, -0.2) is 21.6 Å². The van der Waals surface area contributed by atoms with Gasteiger partial charge >= 0.3 is 0 Å². The quantitative estimate of drug-likeness (QED) is 0.694. The summed E-state index contributed by atoms with van der Waals surface area (Å²) in [5.74, 6) is -0.611. The molecule has 104 valence electrons. The van der Waals surface area contributed by atoms with E-state index in [4.69, 9.17) is 11.5 Å². The van der Waals surface area contributed by atoms with Crippen molar-refractivity contribution in [2.75, 3.05) is 11.1 Å². The molecular formula is C13H15N5O2. The molecule has 7 nitrogen and oxygen atoms in total. The molecule has 1 heterocycles. The normalized spacial score (nSPS) is 10.2. The molecule has 1 aromatic carbocycles. The van der Waals surface area contributed by atoms with Crippen molar-refractivity contribution >= 4 is 23.3 Å². The molecule has 0 spiro atoms. The van der Waals surface area contributed by atoms with E-state index in [9.17, 15) is 9.59 Å². The van der Waals surface area contributed by atoms with Crippen molar-refractivity contribution in [3.63, 3.8) is 0 Å². The van der Waals surface area contributed by atoms with E-state index in [2.05, 4.69) is 10.4 Å². The summed E-state index contributed by atoms with van der Waals surface area (Å²) in [6.45, 7) is 0. The summed E-state index contributed by atoms with van der Waals surface area (Å²) in [5, 5.41) is 6.53. The van der Waals surface area contributed by atoms with Crippen molar-refractivity contribution < 1.29 is 9.59 Å². The van der Waals surface area contributed by atoms with Crippen LogP contribution in [0.25, 0.3) is 0 Å². The molecule has 0 unspecified atom stereocenters. The molecule has 0 saturated carbocycles. The Morgan fingerprint density at radius 2 is 1.95 bits per heavy atom. The Morgan fingerprint density at radius 1 is 1.30 bits per heavy atom. The zero-order valence-electron chi connectivity index (χ0n) is 11.0. The first-order valence-electron chi connectivity index (χ1n) is 5.93. The third-order valence-electron chi connectivity index (χ3n) is 2.81. The van der Waals surface area contributed by atoms with E-state index in [1.165, 1.54) is 10.9 Å². The van der Waals surface area contributed by atoms with E-state index in [-0.39, 0.29) is 23.7 Å². The first-order valence-corrected chi connectivity index (χ1v) is 5.93. The molecule has 0 aliphatic heterocycles. The number of carbonyl (C=O) groups excluding carboxylic acids is 2. The number of aromatic nitrogens is 2. The molecule has 2 rings (SSSR count). The monoisotopic (exact) mass is 273 g/mol. The third-order valence-corrected chi connectivity index (χ3v) is 2.81. The highest BCUT2D eigenvalue weighted by Crippen LogP contribution is 2.14. The van der Waals surface area contributed by atoms with E-state index < -0.39 is 5.91 Å². The molecule has 2 aromatic rings. The van der Waals surface area contributed by atoms with Crippen molar-refractivity contribution in [3.05, 3.63) is 41.6 Å². The highest BCUT2D eigenvalue weighted by molar-refractivity contribution is 6.02. The second-order valence-corrected chi connectivity index (χ2v) is 4.36. The number of nitrogen functional groups attached to an aromatic ring is 1. The minimum Gasteiger partial charge on any atom is -0.399 e. The van der Waals surface area contributed by atoms with Crippen LogP contribution < -0.4 is 16.8 Å². The fourth-order valence-corrected chi connectivity index (χ4v) is 1.76. The van der Waals surface area contributed by atoms with Crippen LogP contribution in [0.4, 0.5) is 11.5 Å². The molecule has 0 atom stereocenters. The Labute approximate surface area is 115 Å². The van der Waals surface area contributed by atoms with Gasteiger partial charge in [0.25, 0.3) is 5.91 Å². The second-order valence-electron chi connectivity index (χ2n) is 4.36. The Balaban J connectivity index is 2.10. The number of hydrogen-bond donors (Lipinski definition) is 3. The van der Waals surface area contributed by atoms with Gasteiger partial charge in [-0.3, -0.25) is 14.3 Å². The summed E-state index contributed by atoms with van der Waals surface area (Å²) in [6, 6.07) is 6.99. The Kier molecular flexibility index (Phi) is 3.69. The topological polar surface area (TPSA) is 116 Å². The third kappa shape index (κ3) is 2.94. The smallest absolute Gasteiger partial charge is 0.254 e. The van der Waals surface area contributed by atoms with Crippen LogP contribution >= 0.6 is 0 Å². The van der Waals surface area contributed by atoms with Crippen LogP contribution in [0.5, 0.6) is 0 Å². The van der Waals surface area contributed by atoms with Gasteiger partial charge in [0.05, 0.1) is 12.6 Å².